The van der Waals surface area contributed by atoms with E-state index < -0.39 is 47.2 Å². The number of benzene rings is 3. The standard InChI is InChI=1S/C30H24F6N2O3S/c1-15-19(13-20-21(31)6-4-7-22(20)32)29-38(28(39)25(15)18-5-3-8-24(40-2)26(18)33)23(14-42-29)27(37)16-9-11-17(12-10-16)41-30(34,35)36/h3-12,23,27H,13-14,37H2,1-2H3/t23-,27?/m0/s1. The van der Waals surface area contributed by atoms with Crippen molar-refractivity contribution in [2.24, 2.45) is 5.73 Å². The Morgan fingerprint density at radius 1 is 1.00 bits per heavy atom. The van der Waals surface area contributed by atoms with Gasteiger partial charge in [0.15, 0.2) is 11.6 Å². The second-order valence-corrected chi connectivity index (χ2v) is 10.7. The normalized spacial score (nSPS) is 15.4. The zero-order chi connectivity index (χ0) is 30.3. The number of thioether (sulfide) groups is 1. The topological polar surface area (TPSA) is 66.5 Å². The summed E-state index contributed by atoms with van der Waals surface area (Å²) in [4.78, 5) is 14.1. The van der Waals surface area contributed by atoms with Crippen LogP contribution in [0.3, 0.4) is 0 Å². The molecule has 1 aromatic heterocycles. The van der Waals surface area contributed by atoms with Crippen LogP contribution >= 0.6 is 11.8 Å². The van der Waals surface area contributed by atoms with Gasteiger partial charge in [0.2, 0.25) is 0 Å². The van der Waals surface area contributed by atoms with Gasteiger partial charge >= 0.3 is 6.36 Å². The third-order valence-corrected chi connectivity index (χ3v) is 8.47. The average molecular weight is 607 g/mol. The summed E-state index contributed by atoms with van der Waals surface area (Å²) in [5, 5.41) is 0.421. The van der Waals surface area contributed by atoms with Crippen LogP contribution < -0.4 is 20.8 Å². The van der Waals surface area contributed by atoms with E-state index in [4.69, 9.17) is 10.5 Å². The quantitative estimate of drug-likeness (QED) is 0.228. The Labute approximate surface area is 240 Å². The van der Waals surface area contributed by atoms with Crippen molar-refractivity contribution < 1.29 is 35.8 Å². The number of hydrogen-bond acceptors (Lipinski definition) is 5. The number of fused-ring (bicyclic) bond motifs is 1. The summed E-state index contributed by atoms with van der Waals surface area (Å²) in [6.45, 7) is 1.60. The van der Waals surface area contributed by atoms with Gasteiger partial charge in [0.1, 0.15) is 17.4 Å². The Bertz CT molecular complexity index is 1690. The largest absolute Gasteiger partial charge is 0.573 e. The molecule has 1 aliphatic heterocycles. The summed E-state index contributed by atoms with van der Waals surface area (Å²) >= 11 is 1.26. The number of nitrogens with two attached hydrogens (primary N) is 1. The van der Waals surface area contributed by atoms with Crippen molar-refractivity contribution in [1.82, 2.24) is 4.57 Å². The summed E-state index contributed by atoms with van der Waals surface area (Å²) in [5.41, 5.74) is 6.89. The molecule has 4 aromatic rings. The van der Waals surface area contributed by atoms with Gasteiger partial charge in [-0.05, 0) is 53.9 Å². The van der Waals surface area contributed by atoms with Crippen LogP contribution in [0.1, 0.15) is 34.3 Å². The molecule has 5 nitrogen and oxygen atoms in total. The van der Waals surface area contributed by atoms with E-state index in [1.165, 1.54) is 59.8 Å². The SMILES string of the molecule is COc1cccc(-c2c(C)c(Cc3c(F)cccc3F)c3n(c2=O)[C@H](C(N)c2ccc(OC(F)(F)F)cc2)CS3)c1F. The smallest absolute Gasteiger partial charge is 0.494 e. The maximum atomic E-state index is 15.5. The molecule has 0 spiro atoms. The lowest BCUT2D eigenvalue weighted by atomic mass is 9.93. The Morgan fingerprint density at radius 3 is 2.26 bits per heavy atom. The van der Waals surface area contributed by atoms with Crippen molar-refractivity contribution in [2.45, 2.75) is 36.8 Å². The Balaban J connectivity index is 1.67. The number of rotatable bonds is 7. The fraction of sp³-hybridized carbons (Fsp3) is 0.233. The molecular formula is C30H24F6N2O3S. The highest BCUT2D eigenvalue weighted by Crippen LogP contribution is 2.44. The first-order valence-electron chi connectivity index (χ1n) is 12.7. The van der Waals surface area contributed by atoms with E-state index in [0.29, 0.717) is 21.7 Å². The number of methoxy groups -OCH3 is 1. The first kappa shape index (κ1) is 29.6. The van der Waals surface area contributed by atoms with Crippen LogP contribution in [0.4, 0.5) is 26.3 Å². The molecule has 0 bridgehead atoms. The Kier molecular flexibility index (Phi) is 8.04. The maximum Gasteiger partial charge on any atom is 0.573 e. The summed E-state index contributed by atoms with van der Waals surface area (Å²) in [6, 6.07) is 11.2. The molecule has 2 N–H and O–H groups in total. The van der Waals surface area contributed by atoms with Gasteiger partial charge in [-0.2, -0.15) is 0 Å². The summed E-state index contributed by atoms with van der Waals surface area (Å²) < 4.78 is 93.3. The molecule has 0 fully saturated rings. The lowest BCUT2D eigenvalue weighted by molar-refractivity contribution is -0.274. The van der Waals surface area contributed by atoms with E-state index in [9.17, 15) is 26.7 Å². The Morgan fingerprint density at radius 2 is 1.64 bits per heavy atom. The number of aromatic nitrogens is 1. The van der Waals surface area contributed by atoms with Crippen LogP contribution in [0, 0.1) is 24.4 Å². The van der Waals surface area contributed by atoms with Crippen LogP contribution in [0.5, 0.6) is 11.5 Å². The van der Waals surface area contributed by atoms with Crippen molar-refractivity contribution in [3.05, 3.63) is 111 Å². The maximum absolute atomic E-state index is 15.5. The van der Waals surface area contributed by atoms with Gasteiger partial charge in [-0.15, -0.1) is 24.9 Å². The zero-order valence-electron chi connectivity index (χ0n) is 22.3. The first-order chi connectivity index (χ1) is 19.9. The van der Waals surface area contributed by atoms with Crippen molar-refractivity contribution in [3.8, 4) is 22.6 Å². The predicted molar refractivity (Wildman–Crippen MR) is 146 cm³/mol. The molecule has 2 heterocycles. The number of nitrogens with zero attached hydrogens (tertiary/aromatic N) is 1. The highest BCUT2D eigenvalue weighted by Gasteiger charge is 2.36. The summed E-state index contributed by atoms with van der Waals surface area (Å²) in [5.74, 6) is -2.58. The number of hydrogen-bond donors (Lipinski definition) is 1. The van der Waals surface area contributed by atoms with E-state index in [2.05, 4.69) is 4.74 Å². The lowest BCUT2D eigenvalue weighted by Crippen LogP contribution is -2.33. The van der Waals surface area contributed by atoms with Crippen molar-refractivity contribution in [1.29, 1.82) is 0 Å². The molecular weight excluding hydrogens is 582 g/mol. The van der Waals surface area contributed by atoms with Gasteiger partial charge in [-0.25, -0.2) is 13.2 Å². The van der Waals surface area contributed by atoms with Crippen molar-refractivity contribution in [3.63, 3.8) is 0 Å². The van der Waals surface area contributed by atoms with E-state index in [-0.39, 0.29) is 34.6 Å². The van der Waals surface area contributed by atoms with E-state index in [1.54, 1.807) is 6.92 Å². The molecule has 5 rings (SSSR count). The van der Waals surface area contributed by atoms with E-state index in [0.717, 1.165) is 24.3 Å². The predicted octanol–water partition coefficient (Wildman–Crippen LogP) is 7.09. The summed E-state index contributed by atoms with van der Waals surface area (Å²) in [7, 11) is 1.29. The molecule has 0 amide bonds. The van der Waals surface area contributed by atoms with Gasteiger partial charge in [0, 0.05) is 23.3 Å². The molecule has 0 saturated carbocycles. The van der Waals surface area contributed by atoms with Crippen LogP contribution in [-0.4, -0.2) is 23.8 Å². The first-order valence-corrected chi connectivity index (χ1v) is 13.7. The van der Waals surface area contributed by atoms with Gasteiger partial charge in [-0.3, -0.25) is 9.36 Å². The van der Waals surface area contributed by atoms with Gasteiger partial charge < -0.3 is 15.2 Å². The molecule has 0 radical (unpaired) electrons. The van der Waals surface area contributed by atoms with Crippen molar-refractivity contribution >= 4 is 11.8 Å². The highest BCUT2D eigenvalue weighted by atomic mass is 32.2. The van der Waals surface area contributed by atoms with E-state index >= 15 is 4.39 Å². The van der Waals surface area contributed by atoms with Crippen LogP contribution in [0.2, 0.25) is 0 Å². The molecule has 1 unspecified atom stereocenters. The fourth-order valence-electron chi connectivity index (χ4n) is 5.17. The minimum atomic E-state index is -4.87. The minimum absolute atomic E-state index is 0.0180. The second kappa shape index (κ2) is 11.4. The van der Waals surface area contributed by atoms with Gasteiger partial charge in [-0.1, -0.05) is 30.3 Å². The number of alkyl halides is 3. The third-order valence-electron chi connectivity index (χ3n) is 7.24. The molecule has 3 aromatic carbocycles. The second-order valence-electron chi connectivity index (χ2n) is 9.68. The molecule has 42 heavy (non-hydrogen) atoms. The lowest BCUT2D eigenvalue weighted by Gasteiger charge is -2.25. The van der Waals surface area contributed by atoms with Crippen LogP contribution in [0.25, 0.3) is 11.1 Å². The number of halogens is 6. The van der Waals surface area contributed by atoms with Crippen molar-refractivity contribution in [2.75, 3.05) is 12.9 Å². The third kappa shape index (κ3) is 5.48. The Hall–Kier alpha value is -3.90. The highest BCUT2D eigenvalue weighted by molar-refractivity contribution is 7.99. The molecule has 12 heteroatoms. The molecule has 0 saturated heterocycles. The van der Waals surface area contributed by atoms with Gasteiger partial charge in [0.25, 0.3) is 5.56 Å². The number of pyridine rings is 1. The number of ether oxygens (including phenoxy) is 2. The molecule has 220 valence electrons. The molecule has 2 atom stereocenters. The van der Waals surface area contributed by atoms with Crippen LogP contribution in [-0.2, 0) is 6.42 Å². The van der Waals surface area contributed by atoms with Gasteiger partial charge in [0.05, 0.1) is 29.8 Å². The molecule has 1 aliphatic rings. The molecule has 0 aliphatic carbocycles. The minimum Gasteiger partial charge on any atom is -0.494 e. The van der Waals surface area contributed by atoms with E-state index in [1.807, 2.05) is 0 Å². The van der Waals surface area contributed by atoms with Crippen LogP contribution in [0.15, 0.2) is 70.5 Å². The summed E-state index contributed by atoms with van der Waals surface area (Å²) in [6.07, 6.45) is -5.09. The monoisotopic (exact) mass is 606 g/mol. The zero-order valence-corrected chi connectivity index (χ0v) is 23.1. The fourth-order valence-corrected chi connectivity index (χ4v) is 6.61. The average Bonchev–Trinajstić information content (AvgIpc) is 3.38.